The molecule has 6 nitrogen and oxygen atoms in total. The van der Waals surface area contributed by atoms with E-state index in [0.717, 1.165) is 5.69 Å². The van der Waals surface area contributed by atoms with E-state index in [4.69, 9.17) is 17.3 Å². The predicted octanol–water partition coefficient (Wildman–Crippen LogP) is 0.641. The Hall–Kier alpha value is -2.28. The second kappa shape index (κ2) is 6.45. The Bertz CT molecular complexity index is 823. The summed E-state index contributed by atoms with van der Waals surface area (Å²) >= 11 is 5.93. The van der Waals surface area contributed by atoms with Crippen molar-refractivity contribution in [2.75, 3.05) is 18.0 Å². The first-order valence-corrected chi connectivity index (χ1v) is 7.56. The number of aliphatic hydroxyl groups is 1. The summed E-state index contributed by atoms with van der Waals surface area (Å²) < 4.78 is 0. The van der Waals surface area contributed by atoms with Crippen LogP contribution in [0.5, 0.6) is 5.75 Å². The number of aliphatic hydroxyl groups excluding tert-OH is 1. The van der Waals surface area contributed by atoms with Crippen LogP contribution in [-0.2, 0) is 0 Å². The molecular formula is C16H17ClN4O2. The number of hydrogen-bond acceptors (Lipinski definition) is 6. The van der Waals surface area contributed by atoms with Crippen LogP contribution in [0.25, 0.3) is 5.88 Å². The average Bonchev–Trinajstić information content (AvgIpc) is 2.54. The number of benzene rings is 2. The minimum absolute atomic E-state index is 0.0480. The number of halogens is 1. The van der Waals surface area contributed by atoms with Crippen molar-refractivity contribution in [3.8, 4) is 5.75 Å². The van der Waals surface area contributed by atoms with Gasteiger partial charge in [0.25, 0.3) is 0 Å². The normalized spacial score (nSPS) is 16.9. The number of nitrogens with one attached hydrogen (secondary N) is 1. The Morgan fingerprint density at radius 3 is 2.61 bits per heavy atom. The number of nitrogens with two attached hydrogens (primary N) is 1. The highest BCUT2D eigenvalue weighted by molar-refractivity contribution is 6.30. The molecule has 1 aliphatic rings. The second-order valence-corrected chi connectivity index (χ2v) is 5.55. The maximum absolute atomic E-state index is 10.7. The van der Waals surface area contributed by atoms with Crippen LogP contribution in [0.15, 0.2) is 47.5 Å². The molecule has 2 aromatic rings. The van der Waals surface area contributed by atoms with Gasteiger partial charge in [0.05, 0.1) is 10.6 Å². The fourth-order valence-corrected chi connectivity index (χ4v) is 2.59. The number of fused-ring (bicyclic) bond motifs is 1. The smallest absolute Gasteiger partial charge is 0.203 e. The van der Waals surface area contributed by atoms with Crippen LogP contribution in [0.1, 0.15) is 0 Å². The summed E-state index contributed by atoms with van der Waals surface area (Å²) in [7, 11) is 0. The molecule has 1 atom stereocenters. The van der Waals surface area contributed by atoms with Gasteiger partial charge in [0.1, 0.15) is 5.75 Å². The fourth-order valence-electron chi connectivity index (χ4n) is 2.47. The number of phenols is 1. The molecule has 0 radical (unpaired) electrons. The third-order valence-corrected chi connectivity index (χ3v) is 3.78. The highest BCUT2D eigenvalue weighted by Crippen LogP contribution is 2.24. The maximum atomic E-state index is 10.7. The van der Waals surface area contributed by atoms with Gasteiger partial charge >= 0.3 is 0 Å². The largest absolute Gasteiger partial charge is 0.508 e. The number of anilines is 1. The van der Waals surface area contributed by atoms with Crippen molar-refractivity contribution in [1.82, 2.24) is 5.32 Å². The zero-order chi connectivity index (χ0) is 16.4. The number of rotatable bonds is 4. The molecule has 1 unspecified atom stereocenters. The Morgan fingerprint density at radius 1 is 1.17 bits per heavy atom. The number of hydrogen-bond donors (Lipinski definition) is 4. The van der Waals surface area contributed by atoms with Gasteiger partial charge in [0.15, 0.2) is 6.29 Å². The van der Waals surface area contributed by atoms with E-state index in [0.29, 0.717) is 28.7 Å². The molecule has 0 aromatic heterocycles. The first-order chi connectivity index (χ1) is 11.1. The molecule has 0 fully saturated rings. The van der Waals surface area contributed by atoms with E-state index < -0.39 is 6.29 Å². The lowest BCUT2D eigenvalue weighted by atomic mass is 10.2. The predicted molar refractivity (Wildman–Crippen MR) is 89.7 cm³/mol. The molecule has 3 rings (SSSR count). The van der Waals surface area contributed by atoms with E-state index in [1.165, 1.54) is 12.1 Å². The third-order valence-electron chi connectivity index (χ3n) is 3.53. The van der Waals surface area contributed by atoms with Crippen molar-refractivity contribution in [3.63, 3.8) is 0 Å². The monoisotopic (exact) mass is 332 g/mol. The summed E-state index contributed by atoms with van der Waals surface area (Å²) in [4.78, 5) is 6.22. The van der Waals surface area contributed by atoms with Crippen LogP contribution in [0.2, 0.25) is 5.02 Å². The number of nitrogens with zero attached hydrogens (tertiary/aromatic N) is 2. The number of phenolic OH excluding ortho intramolecular Hbond substituents is 1. The Morgan fingerprint density at radius 2 is 1.91 bits per heavy atom. The minimum Gasteiger partial charge on any atom is -0.508 e. The minimum atomic E-state index is -0.533. The molecular weight excluding hydrogens is 316 g/mol. The molecule has 0 aliphatic carbocycles. The highest BCUT2D eigenvalue weighted by Gasteiger charge is 2.25. The Labute approximate surface area is 138 Å². The maximum Gasteiger partial charge on any atom is 0.203 e. The zero-order valence-electron chi connectivity index (χ0n) is 12.3. The SMILES string of the molecule is NCCNC1N=c2cc(O)ccc2=C(O)N1c1ccc(Cl)cc1. The summed E-state index contributed by atoms with van der Waals surface area (Å²) in [5.41, 5.74) is 6.29. The Kier molecular flexibility index (Phi) is 4.38. The summed E-state index contributed by atoms with van der Waals surface area (Å²) in [5.74, 6) is 0.143. The lowest BCUT2D eigenvalue weighted by molar-refractivity contribution is 0.424. The average molecular weight is 333 g/mol. The summed E-state index contributed by atoms with van der Waals surface area (Å²) in [5, 5.41) is 25.2. The molecule has 0 saturated carbocycles. The number of aromatic hydroxyl groups is 1. The molecule has 1 aliphatic heterocycles. The molecule has 23 heavy (non-hydrogen) atoms. The van der Waals surface area contributed by atoms with E-state index in [9.17, 15) is 10.2 Å². The van der Waals surface area contributed by atoms with Crippen LogP contribution in [-0.4, -0.2) is 29.6 Å². The molecule has 5 N–H and O–H groups in total. The van der Waals surface area contributed by atoms with Crippen molar-refractivity contribution < 1.29 is 10.2 Å². The van der Waals surface area contributed by atoms with E-state index in [-0.39, 0.29) is 11.6 Å². The quantitative estimate of drug-likeness (QED) is 0.659. The van der Waals surface area contributed by atoms with E-state index in [2.05, 4.69) is 10.3 Å². The van der Waals surface area contributed by atoms with Gasteiger partial charge in [-0.3, -0.25) is 10.2 Å². The molecule has 0 saturated heterocycles. The van der Waals surface area contributed by atoms with Gasteiger partial charge in [-0.25, -0.2) is 4.99 Å². The second-order valence-electron chi connectivity index (χ2n) is 5.12. The van der Waals surface area contributed by atoms with E-state index in [1.54, 1.807) is 35.2 Å². The van der Waals surface area contributed by atoms with Crippen molar-refractivity contribution in [2.45, 2.75) is 6.29 Å². The third kappa shape index (κ3) is 3.10. The summed E-state index contributed by atoms with van der Waals surface area (Å²) in [6.07, 6.45) is -0.533. The summed E-state index contributed by atoms with van der Waals surface area (Å²) in [6, 6.07) is 11.8. The van der Waals surface area contributed by atoms with Gasteiger partial charge in [0.2, 0.25) is 5.88 Å². The van der Waals surface area contributed by atoms with Crippen LogP contribution in [0.4, 0.5) is 5.69 Å². The van der Waals surface area contributed by atoms with Gasteiger partial charge in [-0.1, -0.05) is 11.6 Å². The standard InChI is InChI=1S/C16H17ClN4O2/c17-10-1-3-11(4-2-10)21-15(23)13-6-5-12(22)9-14(13)20-16(21)19-8-7-18/h1-6,9,16,19,22-23H,7-8,18H2. The highest BCUT2D eigenvalue weighted by atomic mass is 35.5. The van der Waals surface area contributed by atoms with Crippen molar-refractivity contribution >= 4 is 23.2 Å². The van der Waals surface area contributed by atoms with E-state index in [1.807, 2.05) is 0 Å². The van der Waals surface area contributed by atoms with Gasteiger partial charge in [-0.05, 0) is 36.4 Å². The van der Waals surface area contributed by atoms with Gasteiger partial charge in [-0.15, -0.1) is 0 Å². The molecule has 0 amide bonds. The lowest BCUT2D eigenvalue weighted by Crippen LogP contribution is -2.53. The molecule has 0 spiro atoms. The van der Waals surface area contributed by atoms with Crippen LogP contribution in [0, 0.1) is 0 Å². The fraction of sp³-hybridized carbons (Fsp3) is 0.188. The van der Waals surface area contributed by atoms with Gasteiger partial charge in [0, 0.05) is 29.9 Å². The molecule has 7 heteroatoms. The first kappa shape index (κ1) is 15.6. The van der Waals surface area contributed by atoms with Crippen molar-refractivity contribution in [3.05, 3.63) is 58.1 Å². The van der Waals surface area contributed by atoms with Crippen molar-refractivity contribution in [2.24, 2.45) is 10.7 Å². The van der Waals surface area contributed by atoms with Crippen LogP contribution >= 0.6 is 11.6 Å². The van der Waals surface area contributed by atoms with Gasteiger partial charge in [-0.2, -0.15) is 0 Å². The zero-order valence-corrected chi connectivity index (χ0v) is 13.0. The molecule has 2 aromatic carbocycles. The van der Waals surface area contributed by atoms with Crippen LogP contribution < -0.4 is 26.5 Å². The van der Waals surface area contributed by atoms with Gasteiger partial charge < -0.3 is 15.9 Å². The molecule has 1 heterocycles. The molecule has 120 valence electrons. The molecule has 0 bridgehead atoms. The Balaban J connectivity index is 2.14. The van der Waals surface area contributed by atoms with E-state index >= 15 is 0 Å². The lowest BCUT2D eigenvalue weighted by Gasteiger charge is -2.32. The summed E-state index contributed by atoms with van der Waals surface area (Å²) in [6.45, 7) is 0.966. The topological polar surface area (TPSA) is 94.1 Å². The first-order valence-electron chi connectivity index (χ1n) is 7.18. The van der Waals surface area contributed by atoms with Crippen LogP contribution in [0.3, 0.4) is 0 Å². The van der Waals surface area contributed by atoms with Crippen molar-refractivity contribution in [1.29, 1.82) is 0 Å².